The number of para-hydroxylation sites is 1. The Labute approximate surface area is 136 Å². The molecule has 0 aromatic heterocycles. The quantitative estimate of drug-likeness (QED) is 0.942. The highest BCUT2D eigenvalue weighted by Crippen LogP contribution is 2.22. The van der Waals surface area contributed by atoms with Gasteiger partial charge in [0.25, 0.3) is 0 Å². The van der Waals surface area contributed by atoms with Crippen LogP contribution in [0.3, 0.4) is 0 Å². The third kappa shape index (κ3) is 3.59. The van der Waals surface area contributed by atoms with Gasteiger partial charge in [0, 0.05) is 24.3 Å². The molecule has 1 N–H and O–H groups in total. The van der Waals surface area contributed by atoms with Crippen LogP contribution in [0.4, 0.5) is 11.4 Å². The van der Waals surface area contributed by atoms with Crippen molar-refractivity contribution in [2.75, 3.05) is 16.8 Å². The number of nitrogens with one attached hydrogen (secondary N) is 1. The van der Waals surface area contributed by atoms with Crippen LogP contribution in [-0.2, 0) is 16.0 Å². The fraction of sp³-hybridized carbons (Fsp3) is 0.263. The number of rotatable bonds is 4. The van der Waals surface area contributed by atoms with Crippen LogP contribution in [0.15, 0.2) is 48.5 Å². The highest BCUT2D eigenvalue weighted by atomic mass is 16.2. The van der Waals surface area contributed by atoms with Gasteiger partial charge < -0.3 is 10.2 Å². The standard InChI is InChI=1S/C19H20N2O2/c1-14-5-2-3-6-17(14)20-18(22)13-15-8-10-16(11-9-15)21-12-4-7-19(21)23/h2-3,5-6,8-11H,4,7,12-13H2,1H3,(H,20,22). The second-order valence-corrected chi connectivity index (χ2v) is 5.86. The van der Waals surface area contributed by atoms with Crippen LogP contribution < -0.4 is 10.2 Å². The van der Waals surface area contributed by atoms with Crippen LogP contribution in [0.2, 0.25) is 0 Å². The van der Waals surface area contributed by atoms with Crippen molar-refractivity contribution in [3.8, 4) is 0 Å². The molecule has 23 heavy (non-hydrogen) atoms. The average molecular weight is 308 g/mol. The predicted molar refractivity (Wildman–Crippen MR) is 91.5 cm³/mol. The van der Waals surface area contributed by atoms with E-state index in [9.17, 15) is 9.59 Å². The third-order valence-electron chi connectivity index (χ3n) is 4.11. The van der Waals surface area contributed by atoms with Gasteiger partial charge in [0.05, 0.1) is 6.42 Å². The number of aryl methyl sites for hydroxylation is 1. The van der Waals surface area contributed by atoms with E-state index in [0.29, 0.717) is 12.8 Å². The van der Waals surface area contributed by atoms with Crippen molar-refractivity contribution >= 4 is 23.2 Å². The van der Waals surface area contributed by atoms with Gasteiger partial charge in [-0.15, -0.1) is 0 Å². The van der Waals surface area contributed by atoms with E-state index in [4.69, 9.17) is 0 Å². The van der Waals surface area contributed by atoms with Crippen molar-refractivity contribution in [1.29, 1.82) is 0 Å². The lowest BCUT2D eigenvalue weighted by Gasteiger charge is -2.16. The zero-order chi connectivity index (χ0) is 16.2. The molecule has 3 rings (SSSR count). The van der Waals surface area contributed by atoms with Crippen LogP contribution in [0.25, 0.3) is 0 Å². The minimum absolute atomic E-state index is 0.0377. The summed E-state index contributed by atoms with van der Waals surface area (Å²) in [5, 5.41) is 2.93. The van der Waals surface area contributed by atoms with Crippen LogP contribution in [0.1, 0.15) is 24.0 Å². The van der Waals surface area contributed by atoms with E-state index in [2.05, 4.69) is 5.32 Å². The molecule has 2 aromatic rings. The number of benzene rings is 2. The number of hydrogen-bond donors (Lipinski definition) is 1. The molecule has 118 valence electrons. The molecule has 0 saturated carbocycles. The number of hydrogen-bond acceptors (Lipinski definition) is 2. The monoisotopic (exact) mass is 308 g/mol. The molecule has 1 aliphatic heterocycles. The molecule has 0 radical (unpaired) electrons. The van der Waals surface area contributed by atoms with Crippen molar-refractivity contribution in [1.82, 2.24) is 0 Å². The zero-order valence-corrected chi connectivity index (χ0v) is 13.2. The summed E-state index contributed by atoms with van der Waals surface area (Å²) in [7, 11) is 0. The minimum Gasteiger partial charge on any atom is -0.326 e. The number of nitrogens with zero attached hydrogens (tertiary/aromatic N) is 1. The molecule has 1 saturated heterocycles. The molecule has 2 amide bonds. The Morgan fingerprint density at radius 3 is 2.52 bits per heavy atom. The van der Waals surface area contributed by atoms with Crippen LogP contribution in [-0.4, -0.2) is 18.4 Å². The van der Waals surface area contributed by atoms with Gasteiger partial charge in [-0.25, -0.2) is 0 Å². The lowest BCUT2D eigenvalue weighted by molar-refractivity contribution is -0.117. The normalized spacial score (nSPS) is 14.1. The number of anilines is 2. The van der Waals surface area contributed by atoms with Gasteiger partial charge in [0.2, 0.25) is 11.8 Å². The summed E-state index contributed by atoms with van der Waals surface area (Å²) in [6.45, 7) is 2.75. The summed E-state index contributed by atoms with van der Waals surface area (Å²) in [5.74, 6) is 0.138. The molecule has 0 aliphatic carbocycles. The predicted octanol–water partition coefficient (Wildman–Crippen LogP) is 3.30. The molecule has 1 fully saturated rings. The maximum Gasteiger partial charge on any atom is 0.228 e. The van der Waals surface area contributed by atoms with Gasteiger partial charge in [-0.05, 0) is 42.7 Å². The fourth-order valence-corrected chi connectivity index (χ4v) is 2.81. The topological polar surface area (TPSA) is 49.4 Å². The summed E-state index contributed by atoms with van der Waals surface area (Å²) in [5.41, 5.74) is 3.74. The van der Waals surface area contributed by atoms with Crippen molar-refractivity contribution in [3.05, 3.63) is 59.7 Å². The summed E-state index contributed by atoms with van der Waals surface area (Å²) < 4.78 is 0. The summed E-state index contributed by atoms with van der Waals surface area (Å²) in [6, 6.07) is 15.4. The average Bonchev–Trinajstić information content (AvgIpc) is 2.96. The van der Waals surface area contributed by atoms with Crippen molar-refractivity contribution in [3.63, 3.8) is 0 Å². The van der Waals surface area contributed by atoms with Gasteiger partial charge in [0.1, 0.15) is 0 Å². The van der Waals surface area contributed by atoms with Gasteiger partial charge in [-0.3, -0.25) is 9.59 Å². The first-order chi connectivity index (χ1) is 11.1. The Bertz CT molecular complexity index is 722. The third-order valence-corrected chi connectivity index (χ3v) is 4.11. The summed E-state index contributed by atoms with van der Waals surface area (Å²) in [4.78, 5) is 25.7. The van der Waals surface area contributed by atoms with Crippen LogP contribution in [0.5, 0.6) is 0 Å². The Hall–Kier alpha value is -2.62. The Morgan fingerprint density at radius 2 is 1.87 bits per heavy atom. The highest BCUT2D eigenvalue weighted by Gasteiger charge is 2.21. The van der Waals surface area contributed by atoms with Gasteiger partial charge in [0.15, 0.2) is 0 Å². The molecule has 0 spiro atoms. The van der Waals surface area contributed by atoms with Gasteiger partial charge >= 0.3 is 0 Å². The lowest BCUT2D eigenvalue weighted by Crippen LogP contribution is -2.23. The van der Waals surface area contributed by atoms with Crippen LogP contribution in [0, 0.1) is 6.92 Å². The zero-order valence-electron chi connectivity index (χ0n) is 13.2. The first-order valence-corrected chi connectivity index (χ1v) is 7.88. The van der Waals surface area contributed by atoms with Gasteiger partial charge in [-0.1, -0.05) is 30.3 Å². The van der Waals surface area contributed by atoms with E-state index in [0.717, 1.165) is 35.5 Å². The molecule has 1 aliphatic rings. The highest BCUT2D eigenvalue weighted by molar-refractivity contribution is 5.95. The molecule has 0 unspecified atom stereocenters. The minimum atomic E-state index is -0.0377. The largest absolute Gasteiger partial charge is 0.326 e. The Kier molecular flexibility index (Phi) is 4.42. The number of amides is 2. The Morgan fingerprint density at radius 1 is 1.13 bits per heavy atom. The Balaban J connectivity index is 1.63. The van der Waals surface area contributed by atoms with E-state index in [1.54, 1.807) is 4.90 Å². The van der Waals surface area contributed by atoms with E-state index >= 15 is 0 Å². The number of carbonyl (C=O) groups is 2. The summed E-state index contributed by atoms with van der Waals surface area (Å²) >= 11 is 0. The molecule has 0 bridgehead atoms. The van der Waals surface area contributed by atoms with Crippen molar-refractivity contribution in [2.24, 2.45) is 0 Å². The maximum atomic E-state index is 12.2. The SMILES string of the molecule is Cc1ccccc1NC(=O)Cc1ccc(N2CCCC2=O)cc1. The molecule has 4 heteroatoms. The molecular weight excluding hydrogens is 288 g/mol. The van der Waals surface area contributed by atoms with E-state index < -0.39 is 0 Å². The van der Waals surface area contributed by atoms with E-state index in [1.165, 1.54) is 0 Å². The van der Waals surface area contributed by atoms with Crippen LogP contribution >= 0.6 is 0 Å². The fourth-order valence-electron chi connectivity index (χ4n) is 2.81. The first-order valence-electron chi connectivity index (χ1n) is 7.88. The lowest BCUT2D eigenvalue weighted by atomic mass is 10.1. The summed E-state index contributed by atoms with van der Waals surface area (Å²) in [6.07, 6.45) is 1.86. The molecule has 1 heterocycles. The second-order valence-electron chi connectivity index (χ2n) is 5.86. The second kappa shape index (κ2) is 6.65. The number of carbonyl (C=O) groups excluding carboxylic acids is 2. The van der Waals surface area contributed by atoms with Crippen molar-refractivity contribution in [2.45, 2.75) is 26.2 Å². The molecule has 0 atom stereocenters. The van der Waals surface area contributed by atoms with Gasteiger partial charge in [-0.2, -0.15) is 0 Å². The molecule has 2 aromatic carbocycles. The van der Waals surface area contributed by atoms with Crippen molar-refractivity contribution < 1.29 is 9.59 Å². The first kappa shape index (κ1) is 15.3. The smallest absolute Gasteiger partial charge is 0.228 e. The molecular formula is C19H20N2O2. The molecule has 4 nitrogen and oxygen atoms in total. The van der Waals surface area contributed by atoms with E-state index in [-0.39, 0.29) is 11.8 Å². The van der Waals surface area contributed by atoms with E-state index in [1.807, 2.05) is 55.5 Å². The maximum absolute atomic E-state index is 12.2.